The van der Waals surface area contributed by atoms with Crippen molar-refractivity contribution in [3.05, 3.63) is 59.2 Å². The summed E-state index contributed by atoms with van der Waals surface area (Å²) < 4.78 is 27.2. The van der Waals surface area contributed by atoms with E-state index in [0.29, 0.717) is 30.5 Å². The molecule has 1 aliphatic rings. The van der Waals surface area contributed by atoms with Gasteiger partial charge < -0.3 is 11.1 Å². The van der Waals surface area contributed by atoms with Gasteiger partial charge in [0.15, 0.2) is 5.96 Å². The lowest BCUT2D eigenvalue weighted by molar-refractivity contribution is 0.346. The topological polar surface area (TPSA) is 87.8 Å². The Morgan fingerprint density at radius 1 is 1.07 bits per heavy atom. The van der Waals surface area contributed by atoms with Gasteiger partial charge in [-0.3, -0.25) is 0 Å². The standard InChI is InChI=1S/C21H28N4O2S/c1-16-11-17(2)13-19(12-16)24-21(22)23-15-18-7-6-8-20(14-18)28(26,27)25-9-4-3-5-10-25/h6-8,11-14H,3-5,9-10,15H2,1-2H3,(H3,22,23,24). The Kier molecular flexibility index (Phi) is 6.36. The number of nitrogens with two attached hydrogens (primary N) is 1. The van der Waals surface area contributed by atoms with E-state index in [2.05, 4.69) is 16.4 Å². The molecule has 0 unspecified atom stereocenters. The number of nitrogens with zero attached hydrogens (tertiary/aromatic N) is 2. The maximum absolute atomic E-state index is 12.8. The predicted molar refractivity (Wildman–Crippen MR) is 114 cm³/mol. The molecule has 1 saturated heterocycles. The Balaban J connectivity index is 1.71. The zero-order chi connectivity index (χ0) is 20.1. The summed E-state index contributed by atoms with van der Waals surface area (Å²) in [5, 5.41) is 3.09. The molecule has 0 spiro atoms. The lowest BCUT2D eigenvalue weighted by Crippen LogP contribution is -2.35. The second-order valence-electron chi connectivity index (χ2n) is 7.32. The highest BCUT2D eigenvalue weighted by molar-refractivity contribution is 7.89. The van der Waals surface area contributed by atoms with E-state index in [4.69, 9.17) is 5.73 Å². The molecule has 1 aliphatic heterocycles. The maximum atomic E-state index is 12.8. The first kappa shape index (κ1) is 20.4. The summed E-state index contributed by atoms with van der Waals surface area (Å²) in [5.74, 6) is 0.300. The zero-order valence-electron chi connectivity index (χ0n) is 16.5. The Morgan fingerprint density at radius 2 is 1.75 bits per heavy atom. The SMILES string of the molecule is Cc1cc(C)cc(NC(N)=NCc2cccc(S(=O)(=O)N3CCCCC3)c2)c1. The Morgan fingerprint density at radius 3 is 2.43 bits per heavy atom. The van der Waals surface area contributed by atoms with Crippen LogP contribution in [0.2, 0.25) is 0 Å². The van der Waals surface area contributed by atoms with Crippen LogP contribution in [0.4, 0.5) is 5.69 Å². The number of piperidine rings is 1. The number of aliphatic imine (C=N–C) groups is 1. The van der Waals surface area contributed by atoms with Crippen LogP contribution >= 0.6 is 0 Å². The summed E-state index contributed by atoms with van der Waals surface area (Å²) in [6, 6.07) is 13.1. The van der Waals surface area contributed by atoms with Crippen molar-refractivity contribution in [2.24, 2.45) is 10.7 Å². The van der Waals surface area contributed by atoms with Gasteiger partial charge in [-0.2, -0.15) is 4.31 Å². The summed E-state index contributed by atoms with van der Waals surface area (Å²) >= 11 is 0. The van der Waals surface area contributed by atoms with E-state index in [1.165, 1.54) is 0 Å². The second kappa shape index (κ2) is 8.75. The van der Waals surface area contributed by atoms with E-state index >= 15 is 0 Å². The van der Waals surface area contributed by atoms with E-state index in [1.54, 1.807) is 22.5 Å². The van der Waals surface area contributed by atoms with Crippen molar-refractivity contribution in [2.75, 3.05) is 18.4 Å². The van der Waals surface area contributed by atoms with Gasteiger partial charge in [0.2, 0.25) is 10.0 Å². The number of benzene rings is 2. The Labute approximate surface area is 167 Å². The number of anilines is 1. The number of guanidine groups is 1. The summed E-state index contributed by atoms with van der Waals surface area (Å²) in [7, 11) is -3.44. The lowest BCUT2D eigenvalue weighted by Gasteiger charge is -2.26. The van der Waals surface area contributed by atoms with E-state index in [1.807, 2.05) is 32.0 Å². The van der Waals surface area contributed by atoms with Crippen molar-refractivity contribution >= 4 is 21.7 Å². The molecule has 0 radical (unpaired) electrons. The largest absolute Gasteiger partial charge is 0.370 e. The molecule has 0 aliphatic carbocycles. The molecule has 0 atom stereocenters. The zero-order valence-corrected chi connectivity index (χ0v) is 17.3. The average molecular weight is 401 g/mol. The fraction of sp³-hybridized carbons (Fsp3) is 0.381. The van der Waals surface area contributed by atoms with Gasteiger partial charge in [-0.1, -0.05) is 24.6 Å². The third kappa shape index (κ3) is 5.11. The van der Waals surface area contributed by atoms with Crippen LogP contribution in [-0.4, -0.2) is 31.8 Å². The number of hydrogen-bond donors (Lipinski definition) is 2. The molecule has 0 saturated carbocycles. The van der Waals surface area contributed by atoms with Crippen LogP contribution in [-0.2, 0) is 16.6 Å². The van der Waals surface area contributed by atoms with Crippen LogP contribution in [0.3, 0.4) is 0 Å². The molecule has 6 nitrogen and oxygen atoms in total. The summed E-state index contributed by atoms with van der Waals surface area (Å²) in [5.41, 5.74) is 9.99. The van der Waals surface area contributed by atoms with E-state index in [0.717, 1.165) is 41.6 Å². The van der Waals surface area contributed by atoms with Crippen molar-refractivity contribution in [1.82, 2.24) is 4.31 Å². The molecule has 28 heavy (non-hydrogen) atoms. The highest BCUT2D eigenvalue weighted by Crippen LogP contribution is 2.21. The van der Waals surface area contributed by atoms with Crippen LogP contribution in [0.1, 0.15) is 36.0 Å². The van der Waals surface area contributed by atoms with Gasteiger partial charge in [-0.15, -0.1) is 0 Å². The highest BCUT2D eigenvalue weighted by atomic mass is 32.2. The minimum atomic E-state index is -3.44. The monoisotopic (exact) mass is 400 g/mol. The first-order valence-electron chi connectivity index (χ1n) is 9.59. The van der Waals surface area contributed by atoms with Crippen molar-refractivity contribution in [3.63, 3.8) is 0 Å². The Bertz CT molecular complexity index is 944. The second-order valence-corrected chi connectivity index (χ2v) is 9.25. The average Bonchev–Trinajstić information content (AvgIpc) is 2.66. The third-order valence-corrected chi connectivity index (χ3v) is 6.67. The molecule has 3 rings (SSSR count). The fourth-order valence-electron chi connectivity index (χ4n) is 3.47. The maximum Gasteiger partial charge on any atom is 0.243 e. The van der Waals surface area contributed by atoms with Gasteiger partial charge in [-0.05, 0) is 67.6 Å². The van der Waals surface area contributed by atoms with Crippen molar-refractivity contribution in [1.29, 1.82) is 0 Å². The minimum Gasteiger partial charge on any atom is -0.370 e. The molecule has 2 aromatic carbocycles. The van der Waals surface area contributed by atoms with Crippen LogP contribution in [0.25, 0.3) is 0 Å². The molecule has 0 aromatic heterocycles. The molecular weight excluding hydrogens is 372 g/mol. The number of nitrogens with one attached hydrogen (secondary N) is 1. The number of hydrogen-bond acceptors (Lipinski definition) is 3. The highest BCUT2D eigenvalue weighted by Gasteiger charge is 2.25. The summed E-state index contributed by atoms with van der Waals surface area (Å²) in [4.78, 5) is 4.68. The molecule has 0 bridgehead atoms. The summed E-state index contributed by atoms with van der Waals surface area (Å²) in [6.07, 6.45) is 2.93. The number of sulfonamides is 1. The van der Waals surface area contributed by atoms with E-state index < -0.39 is 10.0 Å². The Hall–Kier alpha value is -2.38. The minimum absolute atomic E-state index is 0.300. The van der Waals surface area contributed by atoms with E-state index in [-0.39, 0.29) is 0 Å². The molecule has 150 valence electrons. The number of rotatable bonds is 5. The molecule has 2 aromatic rings. The molecular formula is C21H28N4O2S. The van der Waals surface area contributed by atoms with Crippen LogP contribution < -0.4 is 11.1 Å². The first-order chi connectivity index (χ1) is 13.3. The van der Waals surface area contributed by atoms with Crippen LogP contribution in [0.15, 0.2) is 52.4 Å². The van der Waals surface area contributed by atoms with Gasteiger partial charge in [0.1, 0.15) is 0 Å². The smallest absolute Gasteiger partial charge is 0.243 e. The van der Waals surface area contributed by atoms with Gasteiger partial charge >= 0.3 is 0 Å². The molecule has 3 N–H and O–H groups in total. The number of aryl methyl sites for hydroxylation is 2. The molecule has 0 amide bonds. The predicted octanol–water partition coefficient (Wildman–Crippen LogP) is 3.40. The molecule has 1 fully saturated rings. The van der Waals surface area contributed by atoms with Gasteiger partial charge in [0.05, 0.1) is 11.4 Å². The normalized spacial score (nSPS) is 16.1. The van der Waals surface area contributed by atoms with Crippen molar-refractivity contribution in [3.8, 4) is 0 Å². The fourth-order valence-corrected chi connectivity index (χ4v) is 5.06. The third-order valence-electron chi connectivity index (χ3n) is 4.78. The quantitative estimate of drug-likeness (QED) is 0.595. The van der Waals surface area contributed by atoms with Gasteiger partial charge in [0, 0.05) is 18.8 Å². The van der Waals surface area contributed by atoms with Gasteiger partial charge in [-0.25, -0.2) is 13.4 Å². The van der Waals surface area contributed by atoms with Crippen LogP contribution in [0, 0.1) is 13.8 Å². The summed E-state index contributed by atoms with van der Waals surface area (Å²) in [6.45, 7) is 5.56. The molecule has 7 heteroatoms. The van der Waals surface area contributed by atoms with Crippen molar-refractivity contribution in [2.45, 2.75) is 44.6 Å². The van der Waals surface area contributed by atoms with Crippen molar-refractivity contribution < 1.29 is 8.42 Å². The molecule has 1 heterocycles. The van der Waals surface area contributed by atoms with Crippen LogP contribution in [0.5, 0.6) is 0 Å². The van der Waals surface area contributed by atoms with E-state index in [9.17, 15) is 8.42 Å². The lowest BCUT2D eigenvalue weighted by atomic mass is 10.1. The van der Waals surface area contributed by atoms with Gasteiger partial charge in [0.25, 0.3) is 0 Å². The first-order valence-corrected chi connectivity index (χ1v) is 11.0.